The first kappa shape index (κ1) is 25.3. The molecule has 0 atom stereocenters. The van der Waals surface area contributed by atoms with Gasteiger partial charge in [-0.3, -0.25) is 0 Å². The summed E-state index contributed by atoms with van der Waals surface area (Å²) in [5, 5.41) is 3.27. The van der Waals surface area contributed by atoms with Gasteiger partial charge in [0.05, 0.1) is 17.7 Å². The number of hydrogen-bond donors (Lipinski definition) is 0. The van der Waals surface area contributed by atoms with Crippen molar-refractivity contribution < 1.29 is 45.1 Å². The molecule has 0 spiro atoms. The summed E-state index contributed by atoms with van der Waals surface area (Å²) in [6.45, 7) is 1.74. The summed E-state index contributed by atoms with van der Waals surface area (Å²) in [4.78, 5) is 15.2. The SMILES string of the molecule is CCCCCCOC(=O)c1cc(COc2cc(C(F)(F)F)nc3c(C(F)(F)F)cccc23)on1. The van der Waals surface area contributed by atoms with Gasteiger partial charge in [0.2, 0.25) is 0 Å². The Bertz CT molecular complexity index is 1140. The first-order valence-corrected chi connectivity index (χ1v) is 10.3. The van der Waals surface area contributed by atoms with E-state index in [-0.39, 0.29) is 23.4 Å². The van der Waals surface area contributed by atoms with Gasteiger partial charge in [-0.2, -0.15) is 26.3 Å². The third kappa shape index (κ3) is 6.17. The van der Waals surface area contributed by atoms with Crippen LogP contribution in [0.4, 0.5) is 26.3 Å². The molecular weight excluding hydrogens is 470 g/mol. The van der Waals surface area contributed by atoms with Crippen LogP contribution in [0.3, 0.4) is 0 Å². The first-order valence-electron chi connectivity index (χ1n) is 10.3. The Labute approximate surface area is 189 Å². The molecule has 0 bridgehead atoms. The van der Waals surface area contributed by atoms with Gasteiger partial charge in [0.15, 0.2) is 11.5 Å². The Kier molecular flexibility index (Phi) is 7.68. The number of fused-ring (bicyclic) bond motifs is 1. The van der Waals surface area contributed by atoms with Gasteiger partial charge in [-0.1, -0.05) is 37.4 Å². The molecular formula is C22H20F6N2O4. The molecule has 0 unspecified atom stereocenters. The van der Waals surface area contributed by atoms with E-state index >= 15 is 0 Å². The zero-order valence-corrected chi connectivity index (χ0v) is 17.9. The summed E-state index contributed by atoms with van der Waals surface area (Å²) < 4.78 is 95.1. The fraction of sp³-hybridized carbons (Fsp3) is 0.409. The Balaban J connectivity index is 1.80. The molecule has 0 amide bonds. The maximum atomic E-state index is 13.3. The second-order valence-corrected chi connectivity index (χ2v) is 7.37. The number of esters is 1. The summed E-state index contributed by atoms with van der Waals surface area (Å²) in [5.41, 5.74) is -3.94. The second kappa shape index (κ2) is 10.3. The number of halogens is 6. The minimum Gasteiger partial charge on any atom is -0.485 e. The zero-order chi connectivity index (χ0) is 24.9. The number of alkyl halides is 6. The van der Waals surface area contributed by atoms with E-state index in [4.69, 9.17) is 14.0 Å². The summed E-state index contributed by atoms with van der Waals surface area (Å²) >= 11 is 0. The minimum absolute atomic E-state index is 0.0385. The van der Waals surface area contributed by atoms with E-state index in [1.165, 1.54) is 6.07 Å². The molecule has 0 fully saturated rings. The largest absolute Gasteiger partial charge is 0.485 e. The number of carbonyl (C=O) groups is 1. The van der Waals surface area contributed by atoms with Crippen LogP contribution >= 0.6 is 0 Å². The third-order valence-electron chi connectivity index (χ3n) is 4.77. The molecule has 0 aliphatic carbocycles. The van der Waals surface area contributed by atoms with Gasteiger partial charge in [-0.25, -0.2) is 9.78 Å². The molecule has 0 aliphatic rings. The van der Waals surface area contributed by atoms with E-state index in [9.17, 15) is 31.1 Å². The molecule has 0 aliphatic heterocycles. The van der Waals surface area contributed by atoms with Crippen molar-refractivity contribution in [1.82, 2.24) is 10.1 Å². The van der Waals surface area contributed by atoms with Crippen LogP contribution in [0.15, 0.2) is 34.9 Å². The lowest BCUT2D eigenvalue weighted by Crippen LogP contribution is -2.12. The third-order valence-corrected chi connectivity index (χ3v) is 4.77. The fourth-order valence-electron chi connectivity index (χ4n) is 3.10. The molecule has 0 saturated heterocycles. The van der Waals surface area contributed by atoms with Crippen molar-refractivity contribution in [3.05, 3.63) is 53.0 Å². The summed E-state index contributed by atoms with van der Waals surface area (Å²) in [6, 6.07) is 4.52. The van der Waals surface area contributed by atoms with E-state index in [2.05, 4.69) is 10.1 Å². The molecule has 3 aromatic rings. The molecule has 2 aromatic heterocycles. The number of hydrogen-bond acceptors (Lipinski definition) is 6. The highest BCUT2D eigenvalue weighted by atomic mass is 19.4. The number of ether oxygens (including phenoxy) is 2. The molecule has 3 rings (SSSR count). The maximum absolute atomic E-state index is 13.3. The monoisotopic (exact) mass is 490 g/mol. The molecule has 6 nitrogen and oxygen atoms in total. The minimum atomic E-state index is -5.01. The lowest BCUT2D eigenvalue weighted by Gasteiger charge is -2.15. The average Bonchev–Trinajstić information content (AvgIpc) is 3.24. The van der Waals surface area contributed by atoms with Crippen molar-refractivity contribution in [3.63, 3.8) is 0 Å². The number of unbranched alkanes of at least 4 members (excludes halogenated alkanes) is 3. The van der Waals surface area contributed by atoms with Gasteiger partial charge in [0.1, 0.15) is 18.1 Å². The summed E-state index contributed by atoms with van der Waals surface area (Å²) in [5.74, 6) is -1.27. The van der Waals surface area contributed by atoms with E-state index < -0.39 is 47.5 Å². The van der Waals surface area contributed by atoms with E-state index in [1.807, 2.05) is 6.92 Å². The predicted octanol–water partition coefficient (Wildman–Crippen LogP) is 6.58. The number of para-hydroxylation sites is 1. The Morgan fingerprint density at radius 3 is 2.47 bits per heavy atom. The van der Waals surface area contributed by atoms with Crippen LogP contribution in [0.25, 0.3) is 10.9 Å². The van der Waals surface area contributed by atoms with Gasteiger partial charge in [0.25, 0.3) is 0 Å². The first-order chi connectivity index (χ1) is 16.0. The number of carbonyl (C=O) groups excluding carboxylic acids is 1. The molecule has 0 N–H and O–H groups in total. The molecule has 0 saturated carbocycles. The summed E-state index contributed by atoms with van der Waals surface area (Å²) in [6.07, 6.45) is -6.32. The Hall–Kier alpha value is -3.31. The molecule has 1 aromatic carbocycles. The molecule has 12 heteroatoms. The van der Waals surface area contributed by atoms with Gasteiger partial charge in [0, 0.05) is 17.5 Å². The van der Waals surface area contributed by atoms with Gasteiger partial charge in [-0.15, -0.1) is 0 Å². The fourth-order valence-corrected chi connectivity index (χ4v) is 3.10. The smallest absolute Gasteiger partial charge is 0.433 e. The number of benzene rings is 1. The molecule has 34 heavy (non-hydrogen) atoms. The highest BCUT2D eigenvalue weighted by Crippen LogP contribution is 2.40. The van der Waals surface area contributed by atoms with Crippen molar-refractivity contribution in [3.8, 4) is 5.75 Å². The van der Waals surface area contributed by atoms with Crippen LogP contribution < -0.4 is 4.74 Å². The number of aromatic nitrogens is 2. The van der Waals surface area contributed by atoms with E-state index in [1.54, 1.807) is 0 Å². The van der Waals surface area contributed by atoms with Crippen molar-refractivity contribution in [2.75, 3.05) is 6.61 Å². The normalized spacial score (nSPS) is 12.2. The Morgan fingerprint density at radius 1 is 1.03 bits per heavy atom. The Morgan fingerprint density at radius 2 is 1.79 bits per heavy atom. The lowest BCUT2D eigenvalue weighted by molar-refractivity contribution is -0.142. The summed E-state index contributed by atoms with van der Waals surface area (Å²) in [7, 11) is 0. The van der Waals surface area contributed by atoms with Crippen LogP contribution in [0.1, 0.15) is 60.1 Å². The topological polar surface area (TPSA) is 74.5 Å². The molecule has 184 valence electrons. The standard InChI is InChI=1S/C22H20F6N2O4/c1-2-3-4-5-9-32-20(31)16-10-13(34-30-16)12-33-17-11-18(22(26,27)28)29-19-14(17)7-6-8-15(19)21(23,24)25/h6-8,10-11H,2-5,9,12H2,1H3. The number of pyridine rings is 1. The van der Waals surface area contributed by atoms with Crippen LogP contribution in [-0.2, 0) is 23.7 Å². The second-order valence-electron chi connectivity index (χ2n) is 7.37. The van der Waals surface area contributed by atoms with Gasteiger partial charge < -0.3 is 14.0 Å². The highest BCUT2D eigenvalue weighted by molar-refractivity contribution is 5.88. The van der Waals surface area contributed by atoms with Crippen LogP contribution in [-0.4, -0.2) is 22.7 Å². The zero-order valence-electron chi connectivity index (χ0n) is 17.9. The van der Waals surface area contributed by atoms with Gasteiger partial charge >= 0.3 is 18.3 Å². The highest BCUT2D eigenvalue weighted by Gasteiger charge is 2.37. The van der Waals surface area contributed by atoms with Crippen molar-refractivity contribution >= 4 is 16.9 Å². The van der Waals surface area contributed by atoms with Crippen LogP contribution in [0.2, 0.25) is 0 Å². The maximum Gasteiger partial charge on any atom is 0.433 e. The van der Waals surface area contributed by atoms with Crippen molar-refractivity contribution in [2.45, 2.75) is 51.6 Å². The average molecular weight is 490 g/mol. The number of nitrogens with zero attached hydrogens (tertiary/aromatic N) is 2. The lowest BCUT2D eigenvalue weighted by atomic mass is 10.1. The van der Waals surface area contributed by atoms with Crippen LogP contribution in [0.5, 0.6) is 5.75 Å². The van der Waals surface area contributed by atoms with Crippen molar-refractivity contribution in [1.29, 1.82) is 0 Å². The molecule has 0 radical (unpaired) electrons. The quantitative estimate of drug-likeness (QED) is 0.192. The number of rotatable bonds is 9. The van der Waals surface area contributed by atoms with E-state index in [0.29, 0.717) is 18.6 Å². The van der Waals surface area contributed by atoms with Crippen LogP contribution in [0, 0.1) is 0 Å². The van der Waals surface area contributed by atoms with E-state index in [0.717, 1.165) is 31.4 Å². The molecule has 2 heterocycles. The van der Waals surface area contributed by atoms with Crippen molar-refractivity contribution in [2.24, 2.45) is 0 Å². The predicted molar refractivity (Wildman–Crippen MR) is 107 cm³/mol. The van der Waals surface area contributed by atoms with Gasteiger partial charge in [-0.05, 0) is 18.6 Å².